The molecule has 1 saturated heterocycles. The van der Waals surface area contributed by atoms with Gasteiger partial charge in [-0.3, -0.25) is 9.69 Å². The summed E-state index contributed by atoms with van der Waals surface area (Å²) in [6, 6.07) is 3.00. The molecule has 1 aromatic rings. The predicted molar refractivity (Wildman–Crippen MR) is 81.8 cm³/mol. The third-order valence-corrected chi connectivity index (χ3v) is 4.38. The number of hydrogen-bond donors (Lipinski definition) is 2. The quantitative estimate of drug-likeness (QED) is 0.830. The second-order valence-corrected chi connectivity index (χ2v) is 6.24. The molecule has 0 unspecified atom stereocenters. The molecule has 1 aliphatic rings. The summed E-state index contributed by atoms with van der Waals surface area (Å²) in [4.78, 5) is 13.8. The fourth-order valence-electron chi connectivity index (χ4n) is 2.13. The SMILES string of the molecule is CCC1(O)CN(CC(=O)Nc2cc(Cl)c(Cl)cc2Cl)C1. The van der Waals surface area contributed by atoms with Crippen molar-refractivity contribution in [1.82, 2.24) is 4.90 Å². The maximum atomic E-state index is 11.9. The van der Waals surface area contributed by atoms with Crippen molar-refractivity contribution in [2.24, 2.45) is 0 Å². The number of amides is 1. The molecule has 4 nitrogen and oxygen atoms in total. The fraction of sp³-hybridized carbons (Fsp3) is 0.462. The molecule has 2 N–H and O–H groups in total. The van der Waals surface area contributed by atoms with Crippen LogP contribution in [0.5, 0.6) is 0 Å². The third kappa shape index (κ3) is 3.57. The second-order valence-electron chi connectivity index (χ2n) is 5.02. The van der Waals surface area contributed by atoms with E-state index in [9.17, 15) is 9.90 Å². The van der Waals surface area contributed by atoms with Crippen LogP contribution in [-0.2, 0) is 4.79 Å². The third-order valence-electron chi connectivity index (χ3n) is 3.35. The van der Waals surface area contributed by atoms with Crippen LogP contribution in [0, 0.1) is 0 Å². The van der Waals surface area contributed by atoms with Gasteiger partial charge in [0.15, 0.2) is 0 Å². The van der Waals surface area contributed by atoms with Crippen LogP contribution in [0.2, 0.25) is 15.1 Å². The number of likely N-dealkylation sites (tertiary alicyclic amines) is 1. The van der Waals surface area contributed by atoms with Crippen LogP contribution < -0.4 is 5.32 Å². The Morgan fingerprint density at radius 3 is 2.50 bits per heavy atom. The molecule has 0 bridgehead atoms. The number of β-amino-alcohol motifs (C(OH)–C–C–N with tert-alkyl or cyclic N) is 1. The number of anilines is 1. The van der Waals surface area contributed by atoms with Gasteiger partial charge in [0.1, 0.15) is 0 Å². The van der Waals surface area contributed by atoms with Crippen molar-refractivity contribution in [3.63, 3.8) is 0 Å². The molecule has 7 heteroatoms. The Labute approximate surface area is 132 Å². The van der Waals surface area contributed by atoms with Crippen molar-refractivity contribution >= 4 is 46.4 Å². The summed E-state index contributed by atoms with van der Waals surface area (Å²) in [5, 5.41) is 13.6. The van der Waals surface area contributed by atoms with Crippen LogP contribution in [0.4, 0.5) is 5.69 Å². The fourth-order valence-corrected chi connectivity index (χ4v) is 2.73. The molecule has 0 spiro atoms. The highest BCUT2D eigenvalue weighted by Gasteiger charge is 2.39. The first kappa shape index (κ1) is 15.9. The Balaban J connectivity index is 1.91. The number of hydrogen-bond acceptors (Lipinski definition) is 3. The highest BCUT2D eigenvalue weighted by molar-refractivity contribution is 6.44. The van der Waals surface area contributed by atoms with Gasteiger partial charge in [-0.1, -0.05) is 41.7 Å². The second kappa shape index (κ2) is 6.08. The minimum Gasteiger partial charge on any atom is -0.387 e. The first-order valence-electron chi connectivity index (χ1n) is 6.22. The van der Waals surface area contributed by atoms with Crippen LogP contribution in [0.3, 0.4) is 0 Å². The van der Waals surface area contributed by atoms with E-state index in [-0.39, 0.29) is 12.5 Å². The van der Waals surface area contributed by atoms with Crippen molar-refractivity contribution in [1.29, 1.82) is 0 Å². The van der Waals surface area contributed by atoms with Crippen LogP contribution in [0.15, 0.2) is 12.1 Å². The molecule has 1 amide bonds. The molecule has 1 heterocycles. The van der Waals surface area contributed by atoms with E-state index in [1.807, 2.05) is 11.8 Å². The van der Waals surface area contributed by atoms with Gasteiger partial charge in [-0.15, -0.1) is 0 Å². The molecule has 0 saturated carbocycles. The van der Waals surface area contributed by atoms with Gasteiger partial charge in [-0.05, 0) is 18.6 Å². The predicted octanol–water partition coefficient (Wildman–Crippen LogP) is 3.04. The summed E-state index contributed by atoms with van der Waals surface area (Å²) in [7, 11) is 0. The number of carbonyl (C=O) groups is 1. The molecule has 1 fully saturated rings. The Bertz CT molecular complexity index is 531. The lowest BCUT2D eigenvalue weighted by molar-refractivity contribution is -0.128. The van der Waals surface area contributed by atoms with Gasteiger partial charge in [-0.25, -0.2) is 0 Å². The minimum absolute atomic E-state index is 0.205. The van der Waals surface area contributed by atoms with Gasteiger partial charge >= 0.3 is 0 Å². The summed E-state index contributed by atoms with van der Waals surface area (Å²) in [6.07, 6.45) is 0.684. The van der Waals surface area contributed by atoms with E-state index in [2.05, 4.69) is 5.32 Å². The molecular weight excluding hydrogens is 323 g/mol. The van der Waals surface area contributed by atoms with Gasteiger partial charge in [0.2, 0.25) is 5.91 Å². The van der Waals surface area contributed by atoms with Gasteiger partial charge in [0, 0.05) is 13.1 Å². The highest BCUT2D eigenvalue weighted by Crippen LogP contribution is 2.32. The van der Waals surface area contributed by atoms with Crippen molar-refractivity contribution in [3.8, 4) is 0 Å². The number of aliphatic hydroxyl groups is 1. The van der Waals surface area contributed by atoms with Crippen molar-refractivity contribution in [2.75, 3.05) is 25.0 Å². The number of carbonyl (C=O) groups excluding carboxylic acids is 1. The van der Waals surface area contributed by atoms with E-state index in [1.165, 1.54) is 12.1 Å². The van der Waals surface area contributed by atoms with E-state index < -0.39 is 5.60 Å². The monoisotopic (exact) mass is 336 g/mol. The first-order chi connectivity index (χ1) is 9.33. The summed E-state index contributed by atoms with van der Waals surface area (Å²) in [5.41, 5.74) is -0.223. The minimum atomic E-state index is -0.651. The van der Waals surface area contributed by atoms with Crippen molar-refractivity contribution in [3.05, 3.63) is 27.2 Å². The lowest BCUT2D eigenvalue weighted by Crippen LogP contribution is -2.62. The lowest BCUT2D eigenvalue weighted by Gasteiger charge is -2.45. The molecule has 1 aliphatic heterocycles. The number of benzene rings is 1. The van der Waals surface area contributed by atoms with Crippen LogP contribution >= 0.6 is 34.8 Å². The Kier molecular flexibility index (Phi) is 4.82. The topological polar surface area (TPSA) is 52.6 Å². The molecule has 0 atom stereocenters. The molecule has 0 radical (unpaired) electrons. The maximum Gasteiger partial charge on any atom is 0.238 e. The van der Waals surface area contributed by atoms with E-state index in [1.54, 1.807) is 0 Å². The molecule has 20 heavy (non-hydrogen) atoms. The summed E-state index contributed by atoms with van der Waals surface area (Å²) in [5.74, 6) is -0.205. The Hall–Kier alpha value is -0.520. The zero-order valence-corrected chi connectivity index (χ0v) is 13.2. The summed E-state index contributed by atoms with van der Waals surface area (Å²) >= 11 is 17.7. The number of nitrogens with zero attached hydrogens (tertiary/aromatic N) is 1. The van der Waals surface area contributed by atoms with Gasteiger partial charge in [0.25, 0.3) is 0 Å². The summed E-state index contributed by atoms with van der Waals surface area (Å²) in [6.45, 7) is 3.14. The molecular formula is C13H15Cl3N2O2. The lowest BCUT2D eigenvalue weighted by atomic mass is 9.91. The zero-order chi connectivity index (χ0) is 14.9. The van der Waals surface area contributed by atoms with E-state index in [0.717, 1.165) is 0 Å². The molecule has 0 aliphatic carbocycles. The van der Waals surface area contributed by atoms with Crippen molar-refractivity contribution < 1.29 is 9.90 Å². The number of rotatable bonds is 4. The van der Waals surface area contributed by atoms with Crippen LogP contribution in [0.25, 0.3) is 0 Å². The van der Waals surface area contributed by atoms with Gasteiger partial charge in [-0.2, -0.15) is 0 Å². The van der Waals surface area contributed by atoms with Crippen LogP contribution in [0.1, 0.15) is 13.3 Å². The first-order valence-corrected chi connectivity index (χ1v) is 7.35. The maximum absolute atomic E-state index is 11.9. The largest absolute Gasteiger partial charge is 0.387 e. The highest BCUT2D eigenvalue weighted by atomic mass is 35.5. The van der Waals surface area contributed by atoms with Crippen molar-refractivity contribution in [2.45, 2.75) is 18.9 Å². The van der Waals surface area contributed by atoms with Crippen LogP contribution in [-0.4, -0.2) is 41.1 Å². The van der Waals surface area contributed by atoms with Gasteiger partial charge < -0.3 is 10.4 Å². The smallest absolute Gasteiger partial charge is 0.238 e. The Morgan fingerprint density at radius 1 is 1.30 bits per heavy atom. The van der Waals surface area contributed by atoms with Gasteiger partial charge in [0.05, 0.1) is 32.9 Å². The molecule has 0 aromatic heterocycles. The van der Waals surface area contributed by atoms with E-state index in [4.69, 9.17) is 34.8 Å². The zero-order valence-electron chi connectivity index (χ0n) is 10.9. The summed E-state index contributed by atoms with van der Waals surface area (Å²) < 4.78 is 0. The van der Waals surface area contributed by atoms with E-state index in [0.29, 0.717) is 40.3 Å². The number of halogens is 3. The average molecular weight is 338 g/mol. The number of nitrogens with one attached hydrogen (secondary N) is 1. The van der Waals surface area contributed by atoms with E-state index >= 15 is 0 Å². The Morgan fingerprint density at radius 2 is 1.90 bits per heavy atom. The average Bonchev–Trinajstić information content (AvgIpc) is 2.33. The standard InChI is InChI=1S/C13H15Cl3N2O2/c1-2-13(20)6-18(7-13)5-12(19)17-11-4-9(15)8(14)3-10(11)16/h3-4,20H,2,5-7H2,1H3,(H,17,19). The molecule has 110 valence electrons. The molecule has 2 rings (SSSR count). The molecule has 1 aromatic carbocycles. The normalized spacial score (nSPS) is 17.6.